The van der Waals surface area contributed by atoms with Gasteiger partial charge >= 0.3 is 0 Å². The fourth-order valence-corrected chi connectivity index (χ4v) is 2.02. The van der Waals surface area contributed by atoms with Crippen LogP contribution in [0.4, 0.5) is 0 Å². The molecule has 0 aromatic heterocycles. The van der Waals surface area contributed by atoms with Crippen molar-refractivity contribution in [2.75, 3.05) is 0 Å². The maximum Gasteiger partial charge on any atom is 0.150 e. The molecule has 0 atom stereocenters. The van der Waals surface area contributed by atoms with Crippen molar-refractivity contribution in [3.8, 4) is 11.1 Å². The van der Waals surface area contributed by atoms with Crippen molar-refractivity contribution in [2.45, 2.75) is 13.8 Å². The summed E-state index contributed by atoms with van der Waals surface area (Å²) in [5.74, 6) is 5.58. The Balaban J connectivity index is 2.61. The summed E-state index contributed by atoms with van der Waals surface area (Å²) in [5.41, 5.74) is 11.4. The summed E-state index contributed by atoms with van der Waals surface area (Å²) in [6.07, 6.45) is 0. The summed E-state index contributed by atoms with van der Waals surface area (Å²) in [6.45, 7) is 4.18. The summed E-state index contributed by atoms with van der Waals surface area (Å²) in [4.78, 5) is 0. The van der Waals surface area contributed by atoms with Crippen LogP contribution in [0.1, 0.15) is 16.7 Å². The Labute approximate surface area is 107 Å². The highest BCUT2D eigenvalue weighted by molar-refractivity contribution is 5.98. The molecule has 0 aliphatic rings. The van der Waals surface area contributed by atoms with Gasteiger partial charge in [-0.1, -0.05) is 36.4 Å². The highest BCUT2D eigenvalue weighted by Crippen LogP contribution is 2.27. The van der Waals surface area contributed by atoms with Gasteiger partial charge < -0.3 is 11.6 Å². The van der Waals surface area contributed by atoms with E-state index in [4.69, 9.17) is 11.6 Å². The predicted molar refractivity (Wildman–Crippen MR) is 76.3 cm³/mol. The SMILES string of the molecule is Cc1ccccc1-c1cc(/C(N)=N/N)ccc1C. The zero-order chi connectivity index (χ0) is 13.1. The Morgan fingerprint density at radius 3 is 2.28 bits per heavy atom. The van der Waals surface area contributed by atoms with Crippen molar-refractivity contribution >= 4 is 5.84 Å². The summed E-state index contributed by atoms with van der Waals surface area (Å²) >= 11 is 0. The Hall–Kier alpha value is -2.29. The number of nitrogens with two attached hydrogens (primary N) is 2. The number of nitrogens with zero attached hydrogens (tertiary/aromatic N) is 1. The van der Waals surface area contributed by atoms with Gasteiger partial charge in [0, 0.05) is 5.56 Å². The average Bonchev–Trinajstić information content (AvgIpc) is 2.39. The summed E-state index contributed by atoms with van der Waals surface area (Å²) in [7, 11) is 0. The van der Waals surface area contributed by atoms with E-state index >= 15 is 0 Å². The van der Waals surface area contributed by atoms with Crippen LogP contribution in [-0.2, 0) is 0 Å². The van der Waals surface area contributed by atoms with E-state index in [-0.39, 0.29) is 0 Å². The first-order valence-corrected chi connectivity index (χ1v) is 5.84. The second kappa shape index (κ2) is 4.92. The summed E-state index contributed by atoms with van der Waals surface area (Å²) in [6, 6.07) is 14.3. The topological polar surface area (TPSA) is 64.4 Å². The number of amidine groups is 1. The highest BCUT2D eigenvalue weighted by Gasteiger charge is 2.07. The maximum atomic E-state index is 5.75. The number of benzene rings is 2. The van der Waals surface area contributed by atoms with Crippen molar-refractivity contribution in [1.82, 2.24) is 0 Å². The number of hydrazone groups is 1. The molecular formula is C15H17N3. The van der Waals surface area contributed by atoms with E-state index in [1.165, 1.54) is 16.7 Å². The van der Waals surface area contributed by atoms with E-state index in [2.05, 4.69) is 31.1 Å². The molecule has 0 spiro atoms. The van der Waals surface area contributed by atoms with Crippen LogP contribution in [-0.4, -0.2) is 5.84 Å². The molecule has 0 aliphatic carbocycles. The molecule has 0 amide bonds. The molecule has 3 nitrogen and oxygen atoms in total. The van der Waals surface area contributed by atoms with Gasteiger partial charge in [-0.3, -0.25) is 0 Å². The van der Waals surface area contributed by atoms with E-state index in [0.717, 1.165) is 11.1 Å². The molecule has 0 heterocycles. The van der Waals surface area contributed by atoms with E-state index in [1.54, 1.807) is 0 Å². The van der Waals surface area contributed by atoms with Gasteiger partial charge in [0.1, 0.15) is 5.84 Å². The third-order valence-electron chi connectivity index (χ3n) is 3.11. The number of hydrogen-bond acceptors (Lipinski definition) is 2. The summed E-state index contributed by atoms with van der Waals surface area (Å²) < 4.78 is 0. The van der Waals surface area contributed by atoms with Crippen LogP contribution >= 0.6 is 0 Å². The molecule has 92 valence electrons. The number of aryl methyl sites for hydroxylation is 2. The molecule has 0 aliphatic heterocycles. The molecule has 2 rings (SSSR count). The second-order valence-corrected chi connectivity index (χ2v) is 4.36. The molecule has 2 aromatic carbocycles. The molecule has 0 bridgehead atoms. The predicted octanol–water partition coefficient (Wildman–Crippen LogP) is 2.55. The minimum absolute atomic E-state index is 0.352. The van der Waals surface area contributed by atoms with Crippen LogP contribution in [0.15, 0.2) is 47.6 Å². The first-order chi connectivity index (χ1) is 8.63. The third-order valence-corrected chi connectivity index (χ3v) is 3.11. The zero-order valence-corrected chi connectivity index (χ0v) is 10.6. The van der Waals surface area contributed by atoms with E-state index < -0.39 is 0 Å². The fourth-order valence-electron chi connectivity index (χ4n) is 2.02. The van der Waals surface area contributed by atoms with Crippen molar-refractivity contribution < 1.29 is 0 Å². The first kappa shape index (κ1) is 12.2. The minimum Gasteiger partial charge on any atom is -0.382 e. The number of rotatable bonds is 2. The van der Waals surface area contributed by atoms with Crippen LogP contribution in [0.25, 0.3) is 11.1 Å². The van der Waals surface area contributed by atoms with Gasteiger partial charge in [0.25, 0.3) is 0 Å². The van der Waals surface area contributed by atoms with E-state index in [0.29, 0.717) is 5.84 Å². The van der Waals surface area contributed by atoms with Gasteiger partial charge in [-0.25, -0.2) is 0 Å². The van der Waals surface area contributed by atoms with E-state index in [1.807, 2.05) is 30.3 Å². The molecular weight excluding hydrogens is 222 g/mol. The van der Waals surface area contributed by atoms with Crippen LogP contribution in [0.5, 0.6) is 0 Å². The lowest BCUT2D eigenvalue weighted by Gasteiger charge is -2.11. The quantitative estimate of drug-likeness (QED) is 0.366. The van der Waals surface area contributed by atoms with Gasteiger partial charge in [-0.15, -0.1) is 0 Å². The number of hydrogen-bond donors (Lipinski definition) is 2. The lowest BCUT2D eigenvalue weighted by atomic mass is 9.95. The summed E-state index contributed by atoms with van der Waals surface area (Å²) in [5, 5.41) is 3.54. The molecule has 3 heteroatoms. The van der Waals surface area contributed by atoms with Gasteiger partial charge in [0.05, 0.1) is 0 Å². The van der Waals surface area contributed by atoms with Gasteiger partial charge in [0.15, 0.2) is 0 Å². The zero-order valence-electron chi connectivity index (χ0n) is 10.6. The standard InChI is InChI=1S/C15H17N3/c1-10-5-3-4-6-13(10)14-9-12(15(16)18-17)8-7-11(14)2/h3-9H,17H2,1-2H3,(H2,16,18). The maximum absolute atomic E-state index is 5.75. The van der Waals surface area contributed by atoms with Crippen LogP contribution in [0.2, 0.25) is 0 Å². The smallest absolute Gasteiger partial charge is 0.150 e. The highest BCUT2D eigenvalue weighted by atomic mass is 15.1. The Morgan fingerprint density at radius 1 is 0.944 bits per heavy atom. The van der Waals surface area contributed by atoms with Crippen molar-refractivity contribution in [3.63, 3.8) is 0 Å². The van der Waals surface area contributed by atoms with Crippen molar-refractivity contribution in [2.24, 2.45) is 16.7 Å². The van der Waals surface area contributed by atoms with Crippen LogP contribution in [0.3, 0.4) is 0 Å². The van der Waals surface area contributed by atoms with Gasteiger partial charge in [-0.2, -0.15) is 5.10 Å². The van der Waals surface area contributed by atoms with Crippen molar-refractivity contribution in [1.29, 1.82) is 0 Å². The van der Waals surface area contributed by atoms with Gasteiger partial charge in [0.2, 0.25) is 0 Å². The Morgan fingerprint density at radius 2 is 1.61 bits per heavy atom. The monoisotopic (exact) mass is 239 g/mol. The molecule has 0 fully saturated rings. The largest absolute Gasteiger partial charge is 0.382 e. The van der Waals surface area contributed by atoms with E-state index in [9.17, 15) is 0 Å². The third kappa shape index (κ3) is 2.20. The molecule has 18 heavy (non-hydrogen) atoms. The second-order valence-electron chi connectivity index (χ2n) is 4.36. The first-order valence-electron chi connectivity index (χ1n) is 5.84. The Kier molecular flexibility index (Phi) is 3.33. The lowest BCUT2D eigenvalue weighted by Crippen LogP contribution is -2.15. The molecule has 0 saturated heterocycles. The van der Waals surface area contributed by atoms with Crippen LogP contribution in [0, 0.1) is 13.8 Å². The molecule has 2 aromatic rings. The van der Waals surface area contributed by atoms with Gasteiger partial charge in [-0.05, 0) is 42.2 Å². The fraction of sp³-hybridized carbons (Fsp3) is 0.133. The minimum atomic E-state index is 0.352. The molecule has 0 unspecified atom stereocenters. The Bertz CT molecular complexity index is 600. The van der Waals surface area contributed by atoms with Crippen LogP contribution < -0.4 is 11.6 Å². The molecule has 4 N–H and O–H groups in total. The molecule has 0 radical (unpaired) electrons. The molecule has 0 saturated carbocycles. The van der Waals surface area contributed by atoms with Crippen molar-refractivity contribution in [3.05, 3.63) is 59.2 Å². The average molecular weight is 239 g/mol. The lowest BCUT2D eigenvalue weighted by molar-refractivity contribution is 1.23. The normalized spacial score (nSPS) is 11.6.